The van der Waals surface area contributed by atoms with E-state index >= 15 is 0 Å². The number of nitrogen functional groups attached to an aromatic ring is 1. The number of nitrogens with two attached hydrogens (primary N) is 2. The quantitative estimate of drug-likeness (QED) is 0.0245. The van der Waals surface area contributed by atoms with Gasteiger partial charge in [0.2, 0.25) is 0 Å². The molecule has 6 rings (SSSR count). The first kappa shape index (κ1) is 47.2. The van der Waals surface area contributed by atoms with E-state index in [0.29, 0.717) is 22.7 Å². The number of rotatable bonds is 19. The summed E-state index contributed by atoms with van der Waals surface area (Å²) in [5.41, 5.74) is 13.5. The minimum absolute atomic E-state index is 0.0319. The number of hydrogen-bond donors (Lipinski definition) is 3. The van der Waals surface area contributed by atoms with Gasteiger partial charge in [-0.05, 0) is 68.7 Å². The van der Waals surface area contributed by atoms with E-state index in [1.807, 2.05) is 132 Å². The van der Waals surface area contributed by atoms with Gasteiger partial charge in [0.05, 0.1) is 39.0 Å². The molecule has 1 aliphatic rings. The third-order valence-corrected chi connectivity index (χ3v) is 12.2. The van der Waals surface area contributed by atoms with Crippen LogP contribution < -0.4 is 20.7 Å². The highest BCUT2D eigenvalue weighted by molar-refractivity contribution is 8.13. The van der Waals surface area contributed by atoms with Gasteiger partial charge in [0.25, 0.3) is 14.4 Å². The predicted molar refractivity (Wildman–Crippen MR) is 239 cm³/mol. The predicted octanol–water partition coefficient (Wildman–Crippen LogP) is 7.31. The van der Waals surface area contributed by atoms with Crippen LogP contribution in [0.15, 0.2) is 91.5 Å². The van der Waals surface area contributed by atoms with Crippen molar-refractivity contribution in [3.63, 3.8) is 0 Å². The van der Waals surface area contributed by atoms with E-state index in [4.69, 9.17) is 44.5 Å². The number of methoxy groups -OCH3 is 2. The lowest BCUT2D eigenvalue weighted by Gasteiger charge is -2.47. The maximum atomic E-state index is 13.6. The van der Waals surface area contributed by atoms with Crippen molar-refractivity contribution < 1.29 is 42.9 Å². The van der Waals surface area contributed by atoms with Crippen LogP contribution in [-0.4, -0.2) is 91.2 Å². The van der Waals surface area contributed by atoms with Crippen molar-refractivity contribution in [2.75, 3.05) is 32.3 Å². The molecule has 62 heavy (non-hydrogen) atoms. The number of nitrogens with zero attached hydrogens (tertiary/aromatic N) is 5. The molecule has 1 saturated heterocycles. The van der Waals surface area contributed by atoms with Gasteiger partial charge in [0.1, 0.15) is 41.3 Å². The van der Waals surface area contributed by atoms with Crippen molar-refractivity contribution in [3.05, 3.63) is 108 Å². The van der Waals surface area contributed by atoms with E-state index < -0.39 is 43.9 Å². The summed E-state index contributed by atoms with van der Waals surface area (Å²) in [6, 6.07) is 25.0. The third kappa shape index (κ3) is 10.2. The Labute approximate surface area is 368 Å². The fourth-order valence-electron chi connectivity index (χ4n) is 7.85. The van der Waals surface area contributed by atoms with Crippen molar-refractivity contribution in [1.29, 1.82) is 0 Å². The summed E-state index contributed by atoms with van der Waals surface area (Å²) in [7, 11) is 0.737. The largest absolute Gasteiger partial charge is 0.497 e. The number of aromatic nitrogens is 4. The van der Waals surface area contributed by atoms with E-state index in [1.165, 1.54) is 6.33 Å². The summed E-state index contributed by atoms with van der Waals surface area (Å²) < 4.78 is 39.9. The van der Waals surface area contributed by atoms with E-state index in [0.717, 1.165) is 28.5 Å². The van der Waals surface area contributed by atoms with Crippen molar-refractivity contribution in [1.82, 2.24) is 24.4 Å². The normalized spacial score (nSPS) is 18.7. The molecule has 2 aromatic heterocycles. The van der Waals surface area contributed by atoms with Gasteiger partial charge < -0.3 is 34.3 Å². The number of carbonyl (C=O) groups is 1. The van der Waals surface area contributed by atoms with Crippen LogP contribution >= 0.6 is 20.3 Å². The van der Waals surface area contributed by atoms with Crippen molar-refractivity contribution >= 4 is 42.4 Å². The van der Waals surface area contributed by atoms with Crippen LogP contribution in [0.2, 0.25) is 0 Å². The SMILES string of the molecule is COc1ccc(C(OC[C@H]2O[C@@H](n3cnc4c(N)ncnc43)C[C@@H]2OC(CSC(=O)C(C)(C)C)(OOP(N)O)N(C(C)C)C(C)C)(c2ccccc2)c2ccc(OC)cc2)cc1. The van der Waals surface area contributed by atoms with Crippen LogP contribution in [0, 0.1) is 5.41 Å². The van der Waals surface area contributed by atoms with E-state index in [9.17, 15) is 9.69 Å². The molecule has 0 radical (unpaired) electrons. The summed E-state index contributed by atoms with van der Waals surface area (Å²) in [5.74, 6) is -0.251. The van der Waals surface area contributed by atoms with E-state index in [2.05, 4.69) is 15.0 Å². The van der Waals surface area contributed by atoms with Crippen molar-refractivity contribution in [2.24, 2.45) is 10.9 Å². The first-order valence-electron chi connectivity index (χ1n) is 20.3. The molecule has 1 aliphatic heterocycles. The molecule has 0 bridgehead atoms. The van der Waals surface area contributed by atoms with E-state index in [1.54, 1.807) is 25.1 Å². The molecule has 0 saturated carbocycles. The van der Waals surface area contributed by atoms with Crippen LogP contribution in [0.5, 0.6) is 11.5 Å². The highest BCUT2D eigenvalue weighted by atomic mass is 32.2. The summed E-state index contributed by atoms with van der Waals surface area (Å²) in [4.78, 5) is 45.2. The standard InChI is InChI=1S/C44H58N7O9PS/c1-28(2)51(29(3)4)43(59-60-61(46)53,25-62-41(52)42(5,6)7)58-35-23-37(50-27-49-38-39(45)47-26-48-40(38)50)57-36(35)24-56-44(30-13-11-10-12-14-30,31-15-19-33(54-8)20-16-31)32-17-21-34(55-9)22-18-32/h10-22,26-29,35-37,53H,23-25,46H2,1-9H3,(H2,45,47,48)/t35-,36+,37+,43?,61?/m0/s1. The second-order valence-electron chi connectivity index (χ2n) is 16.5. The maximum Gasteiger partial charge on any atom is 0.283 e. The number of benzene rings is 3. The first-order valence-corrected chi connectivity index (χ1v) is 22.6. The molecular weight excluding hydrogens is 834 g/mol. The zero-order valence-corrected chi connectivity index (χ0v) is 38.3. The highest BCUT2D eigenvalue weighted by Gasteiger charge is 2.52. The average Bonchev–Trinajstić information content (AvgIpc) is 3.87. The molecule has 5 N–H and O–H groups in total. The zero-order valence-electron chi connectivity index (χ0n) is 36.6. The molecular formula is C44H58N7O9PS. The Morgan fingerprint density at radius 3 is 2.03 bits per heavy atom. The van der Waals surface area contributed by atoms with Gasteiger partial charge in [-0.15, -0.1) is 0 Å². The number of ether oxygens (including phenoxy) is 5. The van der Waals surface area contributed by atoms with Gasteiger partial charge in [0, 0.05) is 23.9 Å². The number of hydrogen-bond acceptors (Lipinski definition) is 16. The Morgan fingerprint density at radius 2 is 1.50 bits per heavy atom. The average molecular weight is 892 g/mol. The summed E-state index contributed by atoms with van der Waals surface area (Å²) in [6.45, 7) is 13.4. The molecule has 2 unspecified atom stereocenters. The number of anilines is 1. The van der Waals surface area contributed by atoms with Gasteiger partial charge in [0.15, 0.2) is 16.6 Å². The Bertz CT molecular complexity index is 2170. The highest BCUT2D eigenvalue weighted by Crippen LogP contribution is 2.45. The molecule has 3 aromatic carbocycles. The smallest absolute Gasteiger partial charge is 0.283 e. The number of imidazole rings is 1. The minimum Gasteiger partial charge on any atom is -0.497 e. The molecule has 1 fully saturated rings. The lowest BCUT2D eigenvalue weighted by molar-refractivity contribution is -0.440. The second-order valence-corrected chi connectivity index (χ2v) is 18.2. The van der Waals surface area contributed by atoms with Gasteiger partial charge >= 0.3 is 0 Å². The molecule has 5 aromatic rings. The van der Waals surface area contributed by atoms with Crippen molar-refractivity contribution in [3.8, 4) is 11.5 Å². The fraction of sp³-hybridized carbons (Fsp3) is 0.455. The maximum absolute atomic E-state index is 13.6. The Morgan fingerprint density at radius 1 is 0.919 bits per heavy atom. The molecule has 0 aliphatic carbocycles. The minimum atomic E-state index is -2.51. The van der Waals surface area contributed by atoms with Gasteiger partial charge in [-0.3, -0.25) is 14.9 Å². The number of thioether (sulfide) groups is 1. The number of fused-ring (bicyclic) bond motifs is 1. The monoisotopic (exact) mass is 891 g/mol. The molecule has 3 heterocycles. The summed E-state index contributed by atoms with van der Waals surface area (Å²) in [6.07, 6.45) is 0.900. The van der Waals surface area contributed by atoms with Crippen LogP contribution in [0.4, 0.5) is 5.82 Å². The molecule has 334 valence electrons. The topological polar surface area (TPSA) is 201 Å². The van der Waals surface area contributed by atoms with Crippen molar-refractivity contribution in [2.45, 2.75) is 96.9 Å². The number of carbonyl (C=O) groups excluding carboxylic acids is 1. The lowest BCUT2D eigenvalue weighted by Crippen LogP contribution is -2.62. The van der Waals surface area contributed by atoms with Gasteiger partial charge in [-0.1, -0.05) is 87.1 Å². The van der Waals surface area contributed by atoms with E-state index in [-0.39, 0.29) is 41.8 Å². The van der Waals surface area contributed by atoms with Gasteiger partial charge in [-0.25, -0.2) is 19.9 Å². The van der Waals surface area contributed by atoms with Crippen LogP contribution in [0.1, 0.15) is 77.8 Å². The molecule has 0 spiro atoms. The third-order valence-electron chi connectivity index (χ3n) is 10.6. The van der Waals surface area contributed by atoms with Crippen LogP contribution in [0.25, 0.3) is 11.2 Å². The summed E-state index contributed by atoms with van der Waals surface area (Å²) in [5, 5.41) is -0.102. The molecule has 5 atom stereocenters. The fourth-order valence-corrected chi connectivity index (χ4v) is 9.06. The van der Waals surface area contributed by atoms with Gasteiger partial charge in [-0.2, -0.15) is 9.56 Å². The summed E-state index contributed by atoms with van der Waals surface area (Å²) >= 11 is 1.04. The van der Waals surface area contributed by atoms with Crippen LogP contribution in [0.3, 0.4) is 0 Å². The second kappa shape index (κ2) is 20.1. The lowest BCUT2D eigenvalue weighted by atomic mass is 9.80. The molecule has 18 heteroatoms. The first-order chi connectivity index (χ1) is 29.5. The molecule has 0 amide bonds. The molecule has 16 nitrogen and oxygen atoms in total. The zero-order chi connectivity index (χ0) is 44.8. The Balaban J connectivity index is 1.50. The Hall–Kier alpha value is -4.26. The van der Waals surface area contributed by atoms with Crippen LogP contribution in [-0.2, 0) is 34.2 Å². The Kier molecular flexibility index (Phi) is 15.3.